The smallest absolute Gasteiger partial charge is 0.142 e. The molecular weight excluding hydrogens is 378 g/mol. The molecule has 0 unspecified atom stereocenters. The summed E-state index contributed by atoms with van der Waals surface area (Å²) < 4.78 is 17.2. The molecule has 5 heteroatoms. The van der Waals surface area contributed by atoms with E-state index in [-0.39, 0.29) is 5.75 Å². The Kier molecular flexibility index (Phi) is 4.81. The maximum atomic E-state index is 9.78. The van der Waals surface area contributed by atoms with E-state index in [9.17, 15) is 5.11 Å². The van der Waals surface area contributed by atoms with E-state index >= 15 is 0 Å². The minimum atomic E-state index is 0.257. The van der Waals surface area contributed by atoms with Crippen LogP contribution in [0.3, 0.4) is 0 Å². The molecule has 0 amide bonds. The van der Waals surface area contributed by atoms with E-state index in [0.29, 0.717) is 13.3 Å². The van der Waals surface area contributed by atoms with Gasteiger partial charge in [0.1, 0.15) is 36.3 Å². The zero-order valence-corrected chi connectivity index (χ0v) is 16.8. The number of methoxy groups -OCH3 is 1. The van der Waals surface area contributed by atoms with Gasteiger partial charge in [0.25, 0.3) is 0 Å². The standard InChI is InChI=1S/C25H23NO4/c1-28-23-7-5-17(6-8-23)13-26-14-20-9-19-10-21(18-3-2-4-22(27)11-18)15-29-24(19)12-25(20)30-16-26/h2-12,27H,13-16H2,1H3. The summed E-state index contributed by atoms with van der Waals surface area (Å²) in [5, 5.41) is 9.78. The summed E-state index contributed by atoms with van der Waals surface area (Å²) >= 11 is 0. The normalized spacial score (nSPS) is 15.3. The lowest BCUT2D eigenvalue weighted by Crippen LogP contribution is -2.31. The summed E-state index contributed by atoms with van der Waals surface area (Å²) in [6.07, 6.45) is 2.14. The highest BCUT2D eigenvalue weighted by Gasteiger charge is 2.22. The van der Waals surface area contributed by atoms with Crippen LogP contribution in [0.4, 0.5) is 0 Å². The molecule has 0 atom stereocenters. The van der Waals surface area contributed by atoms with Crippen LogP contribution in [0.15, 0.2) is 60.7 Å². The lowest BCUT2D eigenvalue weighted by Gasteiger charge is -2.30. The van der Waals surface area contributed by atoms with Gasteiger partial charge in [-0.15, -0.1) is 0 Å². The molecule has 5 nitrogen and oxygen atoms in total. The van der Waals surface area contributed by atoms with Gasteiger partial charge in [-0.1, -0.05) is 24.3 Å². The zero-order valence-electron chi connectivity index (χ0n) is 16.8. The molecule has 0 fully saturated rings. The molecule has 0 saturated heterocycles. The van der Waals surface area contributed by atoms with Gasteiger partial charge in [0, 0.05) is 30.3 Å². The van der Waals surface area contributed by atoms with Crippen molar-refractivity contribution < 1.29 is 19.3 Å². The fraction of sp³-hybridized carbons (Fsp3) is 0.200. The first-order chi connectivity index (χ1) is 14.7. The SMILES string of the molecule is COc1ccc(CN2COc3cc4c(cc3C2)C=C(c2cccc(O)c2)CO4)cc1. The van der Waals surface area contributed by atoms with Gasteiger partial charge < -0.3 is 19.3 Å². The maximum Gasteiger partial charge on any atom is 0.142 e. The minimum Gasteiger partial charge on any atom is -0.508 e. The van der Waals surface area contributed by atoms with Gasteiger partial charge in [-0.25, -0.2) is 0 Å². The quantitative estimate of drug-likeness (QED) is 0.688. The van der Waals surface area contributed by atoms with E-state index < -0.39 is 0 Å². The van der Waals surface area contributed by atoms with Crippen LogP contribution in [0, 0.1) is 0 Å². The van der Waals surface area contributed by atoms with Crippen LogP contribution < -0.4 is 14.2 Å². The number of hydrogen-bond donors (Lipinski definition) is 1. The molecule has 0 bridgehead atoms. The van der Waals surface area contributed by atoms with Crippen LogP contribution in [0.25, 0.3) is 11.6 Å². The summed E-state index contributed by atoms with van der Waals surface area (Å²) in [5.41, 5.74) is 5.41. The molecule has 0 spiro atoms. The number of benzene rings is 3. The number of nitrogens with zero attached hydrogens (tertiary/aromatic N) is 1. The Labute approximate surface area is 175 Å². The van der Waals surface area contributed by atoms with Crippen molar-refractivity contribution in [2.24, 2.45) is 0 Å². The second kappa shape index (κ2) is 7.76. The summed E-state index contributed by atoms with van der Waals surface area (Å²) in [6, 6.07) is 19.5. The topological polar surface area (TPSA) is 51.2 Å². The predicted octanol–water partition coefficient (Wildman–Crippen LogP) is 4.69. The molecular formula is C25H23NO4. The molecule has 2 aliphatic rings. The van der Waals surface area contributed by atoms with Crippen LogP contribution in [-0.4, -0.2) is 30.5 Å². The van der Waals surface area contributed by atoms with E-state index in [1.165, 1.54) is 5.56 Å². The molecule has 2 heterocycles. The van der Waals surface area contributed by atoms with Gasteiger partial charge in [0.05, 0.1) is 7.11 Å². The summed E-state index contributed by atoms with van der Waals surface area (Å²) in [7, 11) is 1.68. The van der Waals surface area contributed by atoms with E-state index in [1.54, 1.807) is 19.2 Å². The minimum absolute atomic E-state index is 0.257. The van der Waals surface area contributed by atoms with Crippen molar-refractivity contribution in [3.05, 3.63) is 82.9 Å². The number of phenolic OH excluding ortho intramolecular Hbond substituents is 1. The molecule has 3 aromatic rings. The Morgan fingerprint density at radius 2 is 1.87 bits per heavy atom. The molecule has 3 aromatic carbocycles. The van der Waals surface area contributed by atoms with E-state index in [0.717, 1.165) is 52.6 Å². The molecule has 0 radical (unpaired) electrons. The van der Waals surface area contributed by atoms with E-state index in [2.05, 4.69) is 29.2 Å². The van der Waals surface area contributed by atoms with Crippen LogP contribution in [-0.2, 0) is 13.1 Å². The average Bonchev–Trinajstić information content (AvgIpc) is 2.78. The van der Waals surface area contributed by atoms with Crippen molar-refractivity contribution in [1.29, 1.82) is 0 Å². The third kappa shape index (κ3) is 3.72. The third-order valence-corrected chi connectivity index (χ3v) is 5.48. The average molecular weight is 401 g/mol. The van der Waals surface area contributed by atoms with E-state index in [1.807, 2.05) is 30.3 Å². The molecule has 5 rings (SSSR count). The lowest BCUT2D eigenvalue weighted by atomic mass is 9.98. The summed E-state index contributed by atoms with van der Waals surface area (Å²) in [5.74, 6) is 2.84. The lowest BCUT2D eigenvalue weighted by molar-refractivity contribution is 0.0883. The summed E-state index contributed by atoms with van der Waals surface area (Å²) in [4.78, 5) is 2.26. The molecule has 0 aromatic heterocycles. The number of fused-ring (bicyclic) bond motifs is 2. The highest BCUT2D eigenvalue weighted by Crippen LogP contribution is 2.38. The molecule has 0 aliphatic carbocycles. The van der Waals surface area contributed by atoms with Crippen molar-refractivity contribution in [3.63, 3.8) is 0 Å². The van der Waals surface area contributed by atoms with Gasteiger partial charge in [0.15, 0.2) is 0 Å². The second-order valence-corrected chi connectivity index (χ2v) is 7.61. The van der Waals surface area contributed by atoms with Crippen LogP contribution in [0.5, 0.6) is 23.0 Å². The largest absolute Gasteiger partial charge is 0.508 e. The van der Waals surface area contributed by atoms with Crippen molar-refractivity contribution in [2.75, 3.05) is 20.4 Å². The first-order valence-electron chi connectivity index (χ1n) is 9.96. The monoisotopic (exact) mass is 401 g/mol. The summed E-state index contributed by atoms with van der Waals surface area (Å²) in [6.45, 7) is 2.63. The fourth-order valence-corrected chi connectivity index (χ4v) is 3.92. The van der Waals surface area contributed by atoms with Gasteiger partial charge in [-0.2, -0.15) is 0 Å². The second-order valence-electron chi connectivity index (χ2n) is 7.61. The van der Waals surface area contributed by atoms with Crippen LogP contribution >= 0.6 is 0 Å². The van der Waals surface area contributed by atoms with Crippen molar-refractivity contribution in [1.82, 2.24) is 4.90 Å². The molecule has 30 heavy (non-hydrogen) atoms. The van der Waals surface area contributed by atoms with Gasteiger partial charge in [-0.05, 0) is 53.1 Å². The maximum absolute atomic E-state index is 9.78. The van der Waals surface area contributed by atoms with Gasteiger partial charge >= 0.3 is 0 Å². The van der Waals surface area contributed by atoms with Crippen LogP contribution in [0.1, 0.15) is 22.3 Å². The van der Waals surface area contributed by atoms with Crippen molar-refractivity contribution in [3.8, 4) is 23.0 Å². The Morgan fingerprint density at radius 3 is 2.67 bits per heavy atom. The van der Waals surface area contributed by atoms with Gasteiger partial charge in [-0.3, -0.25) is 4.90 Å². The molecule has 152 valence electrons. The number of phenols is 1. The molecule has 1 N–H and O–H groups in total. The Morgan fingerprint density at radius 1 is 1.00 bits per heavy atom. The molecule has 2 aliphatic heterocycles. The Bertz CT molecular complexity index is 1100. The Hall–Kier alpha value is -3.44. The van der Waals surface area contributed by atoms with Crippen LogP contribution in [0.2, 0.25) is 0 Å². The first-order valence-corrected chi connectivity index (χ1v) is 9.96. The highest BCUT2D eigenvalue weighted by atomic mass is 16.5. The van der Waals surface area contributed by atoms with Crippen molar-refractivity contribution >= 4 is 11.6 Å². The fourth-order valence-electron chi connectivity index (χ4n) is 3.92. The highest BCUT2D eigenvalue weighted by molar-refractivity contribution is 5.86. The van der Waals surface area contributed by atoms with E-state index in [4.69, 9.17) is 14.2 Å². The van der Waals surface area contributed by atoms with Crippen molar-refractivity contribution in [2.45, 2.75) is 13.1 Å². The Balaban J connectivity index is 1.37. The number of aromatic hydroxyl groups is 1. The first kappa shape index (κ1) is 18.6. The number of rotatable bonds is 4. The molecule has 0 saturated carbocycles. The number of hydrogen-bond acceptors (Lipinski definition) is 5. The number of ether oxygens (including phenoxy) is 3. The predicted molar refractivity (Wildman–Crippen MR) is 116 cm³/mol. The van der Waals surface area contributed by atoms with Gasteiger partial charge in [0.2, 0.25) is 0 Å². The third-order valence-electron chi connectivity index (χ3n) is 5.48. The zero-order chi connectivity index (χ0) is 20.5.